The lowest BCUT2D eigenvalue weighted by atomic mass is 10.2. The van der Waals surface area contributed by atoms with Crippen LogP contribution in [0.4, 0.5) is 0 Å². The lowest BCUT2D eigenvalue weighted by Gasteiger charge is -2.06. The molecule has 2 aromatic rings. The van der Waals surface area contributed by atoms with Crippen LogP contribution in [0.2, 0.25) is 0 Å². The number of rotatable bonds is 6. The molecule has 0 atom stereocenters. The van der Waals surface area contributed by atoms with Crippen molar-refractivity contribution < 1.29 is 0 Å². The molecule has 0 fully saturated rings. The first kappa shape index (κ1) is 14.2. The van der Waals surface area contributed by atoms with Crippen molar-refractivity contribution in [2.24, 2.45) is 0 Å². The van der Waals surface area contributed by atoms with Gasteiger partial charge in [0.2, 0.25) is 0 Å². The van der Waals surface area contributed by atoms with E-state index in [-0.39, 0.29) is 5.56 Å². The lowest BCUT2D eigenvalue weighted by Crippen LogP contribution is -2.23. The highest BCUT2D eigenvalue weighted by Crippen LogP contribution is 2.25. The topological polar surface area (TPSA) is 46.9 Å². The summed E-state index contributed by atoms with van der Waals surface area (Å²) in [4.78, 5) is 18.8. The summed E-state index contributed by atoms with van der Waals surface area (Å²) in [5, 5.41) is 4.14. The molecule has 0 saturated carbocycles. The molecular weight excluding hydrogens is 258 g/mol. The smallest absolute Gasteiger partial charge is 0.262 e. The second-order valence-electron chi connectivity index (χ2n) is 4.81. The minimum atomic E-state index is 0.0994. The van der Waals surface area contributed by atoms with Crippen molar-refractivity contribution in [2.45, 2.75) is 40.2 Å². The summed E-state index contributed by atoms with van der Waals surface area (Å²) in [6, 6.07) is 0. The number of hydrogen-bond donors (Lipinski definition) is 1. The van der Waals surface area contributed by atoms with Gasteiger partial charge in [-0.3, -0.25) is 9.36 Å². The van der Waals surface area contributed by atoms with E-state index >= 15 is 0 Å². The Morgan fingerprint density at radius 3 is 2.89 bits per heavy atom. The van der Waals surface area contributed by atoms with E-state index in [9.17, 15) is 4.79 Å². The Bertz CT molecular complexity index is 615. The van der Waals surface area contributed by atoms with Gasteiger partial charge in [0.1, 0.15) is 4.83 Å². The van der Waals surface area contributed by atoms with Gasteiger partial charge in [0.15, 0.2) is 0 Å². The van der Waals surface area contributed by atoms with Crippen LogP contribution in [0.15, 0.2) is 11.1 Å². The fourth-order valence-corrected chi connectivity index (χ4v) is 3.09. The van der Waals surface area contributed by atoms with Gasteiger partial charge in [0.05, 0.1) is 11.7 Å². The number of thiophene rings is 1. The summed E-state index contributed by atoms with van der Waals surface area (Å²) in [7, 11) is 0. The average molecular weight is 279 g/mol. The van der Waals surface area contributed by atoms with Crippen LogP contribution in [-0.2, 0) is 6.54 Å². The van der Waals surface area contributed by atoms with Crippen molar-refractivity contribution in [3.05, 3.63) is 27.1 Å². The zero-order valence-corrected chi connectivity index (χ0v) is 12.6. The minimum absolute atomic E-state index is 0.0994. The van der Waals surface area contributed by atoms with Crippen LogP contribution >= 0.6 is 11.3 Å². The average Bonchev–Trinajstić information content (AvgIpc) is 2.68. The second kappa shape index (κ2) is 6.30. The monoisotopic (exact) mass is 279 g/mol. The molecule has 0 aliphatic rings. The number of fused-ring (bicyclic) bond motifs is 1. The van der Waals surface area contributed by atoms with Gasteiger partial charge >= 0.3 is 0 Å². The summed E-state index contributed by atoms with van der Waals surface area (Å²) in [6.45, 7) is 8.91. The van der Waals surface area contributed by atoms with Crippen LogP contribution in [0.5, 0.6) is 0 Å². The Hall–Kier alpha value is -1.20. The molecule has 4 nitrogen and oxygen atoms in total. The molecule has 104 valence electrons. The number of aromatic nitrogens is 2. The number of nitrogens with one attached hydrogen (secondary N) is 1. The molecule has 0 aromatic carbocycles. The van der Waals surface area contributed by atoms with E-state index in [0.29, 0.717) is 0 Å². The molecular formula is C14H21N3OS. The third kappa shape index (κ3) is 3.04. The molecule has 0 radical (unpaired) electrons. The Morgan fingerprint density at radius 2 is 2.16 bits per heavy atom. The number of nitrogens with zero attached hydrogens (tertiary/aromatic N) is 2. The van der Waals surface area contributed by atoms with Gasteiger partial charge in [-0.15, -0.1) is 11.3 Å². The van der Waals surface area contributed by atoms with Crippen LogP contribution < -0.4 is 10.9 Å². The van der Waals surface area contributed by atoms with Gasteiger partial charge in [-0.2, -0.15) is 0 Å². The summed E-state index contributed by atoms with van der Waals surface area (Å²) >= 11 is 1.60. The Balaban J connectivity index is 2.14. The van der Waals surface area contributed by atoms with Crippen molar-refractivity contribution in [3.8, 4) is 0 Å². The largest absolute Gasteiger partial charge is 0.317 e. The molecule has 0 amide bonds. The number of aryl methyl sites for hydroxylation is 3. The van der Waals surface area contributed by atoms with E-state index in [0.717, 1.165) is 48.3 Å². The van der Waals surface area contributed by atoms with E-state index in [4.69, 9.17) is 0 Å². The summed E-state index contributed by atoms with van der Waals surface area (Å²) in [5.74, 6) is 0. The highest BCUT2D eigenvalue weighted by atomic mass is 32.1. The molecule has 2 heterocycles. The molecule has 2 aromatic heterocycles. The van der Waals surface area contributed by atoms with Crippen molar-refractivity contribution >= 4 is 21.6 Å². The molecule has 0 unspecified atom stereocenters. The molecule has 0 aliphatic carbocycles. The van der Waals surface area contributed by atoms with E-state index in [1.165, 1.54) is 4.88 Å². The fourth-order valence-electron chi connectivity index (χ4n) is 2.11. The summed E-state index contributed by atoms with van der Waals surface area (Å²) in [5.41, 5.74) is 1.18. The van der Waals surface area contributed by atoms with Crippen LogP contribution in [0.25, 0.3) is 10.2 Å². The normalized spacial score (nSPS) is 11.3. The highest BCUT2D eigenvalue weighted by molar-refractivity contribution is 7.18. The lowest BCUT2D eigenvalue weighted by molar-refractivity contribution is 0.566. The Morgan fingerprint density at radius 1 is 1.37 bits per heavy atom. The van der Waals surface area contributed by atoms with Crippen LogP contribution in [0, 0.1) is 13.8 Å². The summed E-state index contributed by atoms with van der Waals surface area (Å²) in [6.07, 6.45) is 3.77. The molecule has 5 heteroatoms. The first-order chi connectivity index (χ1) is 9.15. The van der Waals surface area contributed by atoms with E-state index in [1.807, 2.05) is 13.8 Å². The molecule has 0 spiro atoms. The molecule has 0 bridgehead atoms. The van der Waals surface area contributed by atoms with Crippen LogP contribution in [-0.4, -0.2) is 22.6 Å². The highest BCUT2D eigenvalue weighted by Gasteiger charge is 2.11. The molecule has 19 heavy (non-hydrogen) atoms. The Labute approximate surface area is 117 Å². The fraction of sp³-hybridized carbons (Fsp3) is 0.571. The third-order valence-corrected chi connectivity index (χ3v) is 4.45. The maximum absolute atomic E-state index is 12.4. The van der Waals surface area contributed by atoms with Gasteiger partial charge in [0.25, 0.3) is 5.56 Å². The van der Waals surface area contributed by atoms with E-state index in [1.54, 1.807) is 22.2 Å². The van der Waals surface area contributed by atoms with Crippen molar-refractivity contribution in [1.82, 2.24) is 14.9 Å². The molecule has 2 rings (SSSR count). The SMILES string of the molecule is CCCNCCCn1cnc2sc(C)c(C)c2c1=O. The van der Waals surface area contributed by atoms with Gasteiger partial charge < -0.3 is 5.32 Å². The Kier molecular flexibility index (Phi) is 4.71. The second-order valence-corrected chi connectivity index (χ2v) is 6.01. The quantitative estimate of drug-likeness (QED) is 0.826. The zero-order valence-electron chi connectivity index (χ0n) is 11.8. The van der Waals surface area contributed by atoms with Crippen molar-refractivity contribution in [3.63, 3.8) is 0 Å². The number of hydrogen-bond acceptors (Lipinski definition) is 4. The van der Waals surface area contributed by atoms with E-state index in [2.05, 4.69) is 17.2 Å². The van der Waals surface area contributed by atoms with Gasteiger partial charge in [-0.1, -0.05) is 6.92 Å². The summed E-state index contributed by atoms with van der Waals surface area (Å²) < 4.78 is 1.73. The van der Waals surface area contributed by atoms with Gasteiger partial charge in [-0.25, -0.2) is 4.98 Å². The minimum Gasteiger partial charge on any atom is -0.317 e. The van der Waals surface area contributed by atoms with Gasteiger partial charge in [0, 0.05) is 11.4 Å². The van der Waals surface area contributed by atoms with Crippen molar-refractivity contribution in [2.75, 3.05) is 13.1 Å². The third-order valence-electron chi connectivity index (χ3n) is 3.34. The first-order valence-corrected chi connectivity index (χ1v) is 7.62. The maximum atomic E-state index is 12.4. The van der Waals surface area contributed by atoms with Crippen LogP contribution in [0.1, 0.15) is 30.2 Å². The molecule has 1 N–H and O–H groups in total. The van der Waals surface area contributed by atoms with Crippen molar-refractivity contribution in [1.29, 1.82) is 0 Å². The predicted octanol–water partition coefficient (Wildman–Crippen LogP) is 2.46. The molecule has 0 aliphatic heterocycles. The standard InChI is InChI=1S/C14H21N3OS/c1-4-6-15-7-5-8-17-9-16-13-12(14(17)18)10(2)11(3)19-13/h9,15H,4-8H2,1-3H3. The van der Waals surface area contributed by atoms with Crippen LogP contribution in [0.3, 0.4) is 0 Å². The maximum Gasteiger partial charge on any atom is 0.262 e. The first-order valence-electron chi connectivity index (χ1n) is 6.81. The van der Waals surface area contributed by atoms with E-state index < -0.39 is 0 Å². The predicted molar refractivity (Wildman–Crippen MR) is 81.1 cm³/mol. The molecule has 0 saturated heterocycles. The zero-order chi connectivity index (χ0) is 13.8. The van der Waals surface area contributed by atoms with Gasteiger partial charge in [-0.05, 0) is 45.3 Å².